The van der Waals surface area contributed by atoms with E-state index in [1.165, 1.54) is 11.3 Å². The molecule has 0 atom stereocenters. The molecule has 0 fully saturated rings. The summed E-state index contributed by atoms with van der Waals surface area (Å²) in [5, 5.41) is 12.6. The van der Waals surface area contributed by atoms with Crippen LogP contribution < -0.4 is 10.2 Å². The molecule has 2 heterocycles. The molecule has 1 aromatic carbocycles. The number of carbonyl (C=O) groups excluding carboxylic acids is 1. The highest BCUT2D eigenvalue weighted by atomic mass is 32.2. The zero-order valence-corrected chi connectivity index (χ0v) is 20.6. The zero-order valence-electron chi connectivity index (χ0n) is 18.9. The van der Waals surface area contributed by atoms with Gasteiger partial charge >= 0.3 is 0 Å². The van der Waals surface area contributed by atoms with Crippen molar-refractivity contribution in [3.05, 3.63) is 59.4 Å². The Kier molecular flexibility index (Phi) is 8.47. The number of anilines is 1. The zero-order chi connectivity index (χ0) is 23.1. The fraction of sp³-hybridized carbons (Fsp3) is 0.435. The third-order valence-electron chi connectivity index (χ3n) is 4.76. The summed E-state index contributed by atoms with van der Waals surface area (Å²) in [6, 6.07) is 7.93. The van der Waals surface area contributed by atoms with Gasteiger partial charge in [0.2, 0.25) is 11.8 Å². The van der Waals surface area contributed by atoms with Gasteiger partial charge in [0.1, 0.15) is 5.76 Å². The van der Waals surface area contributed by atoms with Gasteiger partial charge in [-0.15, -0.1) is 11.8 Å². The van der Waals surface area contributed by atoms with E-state index in [-0.39, 0.29) is 17.9 Å². The molecule has 3 rings (SSSR count). The molecule has 9 heteroatoms. The molecule has 0 aliphatic rings. The number of nitrogens with zero attached hydrogens (tertiary/aromatic N) is 3. The van der Waals surface area contributed by atoms with Gasteiger partial charge in [-0.25, -0.2) is 9.97 Å². The number of rotatable bonds is 10. The largest absolute Gasteiger partial charge is 0.444 e. The predicted octanol–water partition coefficient (Wildman–Crippen LogP) is 4.01. The lowest BCUT2D eigenvalue weighted by Crippen LogP contribution is -2.27. The van der Waals surface area contributed by atoms with Crippen molar-refractivity contribution in [1.29, 1.82) is 0 Å². The number of hydrogen-bond acceptors (Lipinski definition) is 8. The van der Waals surface area contributed by atoms with Crippen molar-refractivity contribution in [2.75, 3.05) is 25.1 Å². The minimum Gasteiger partial charge on any atom is -0.444 e. The van der Waals surface area contributed by atoms with Gasteiger partial charge in [0.25, 0.3) is 0 Å². The fourth-order valence-corrected chi connectivity index (χ4v) is 4.61. The Hall–Kier alpha value is -2.20. The molecule has 0 aliphatic carbocycles. The Morgan fingerprint density at radius 3 is 2.56 bits per heavy atom. The molecule has 1 amide bonds. The molecule has 172 valence electrons. The van der Waals surface area contributed by atoms with Gasteiger partial charge in [0.15, 0.2) is 5.13 Å². The highest BCUT2D eigenvalue weighted by Crippen LogP contribution is 2.33. The molecular weight excluding hydrogens is 444 g/mol. The molecule has 7 nitrogen and oxygen atoms in total. The van der Waals surface area contributed by atoms with Crippen LogP contribution in [0.4, 0.5) is 5.13 Å². The summed E-state index contributed by atoms with van der Waals surface area (Å²) in [5.41, 5.74) is 2.01. The van der Waals surface area contributed by atoms with Gasteiger partial charge in [-0.3, -0.25) is 9.69 Å². The number of aliphatic hydroxyl groups excluding tert-OH is 1. The van der Waals surface area contributed by atoms with Gasteiger partial charge in [-0.2, -0.15) is 0 Å². The van der Waals surface area contributed by atoms with Crippen molar-refractivity contribution in [2.24, 2.45) is 0 Å². The minimum atomic E-state index is -0.0617. The summed E-state index contributed by atoms with van der Waals surface area (Å²) >= 11 is 3.09. The van der Waals surface area contributed by atoms with Crippen LogP contribution in [0.1, 0.15) is 43.5 Å². The normalized spacial score (nSPS) is 11.7. The van der Waals surface area contributed by atoms with E-state index in [0.29, 0.717) is 36.3 Å². The van der Waals surface area contributed by atoms with Gasteiger partial charge in [0.05, 0.1) is 35.4 Å². The standard InChI is InChI=1S/C23H30N4O3S2/c1-23(2,3)18-13-25-19(30-18)15-31-21-14-26-22(32-21)27(4)20(29)11-16-5-7-17(8-6-16)12-24-9-10-28/h5-8,13-14,24,28H,9-12,15H2,1-4H3. The summed E-state index contributed by atoms with van der Waals surface area (Å²) in [6.07, 6.45) is 3.89. The fourth-order valence-electron chi connectivity index (χ4n) is 2.82. The van der Waals surface area contributed by atoms with Crippen molar-refractivity contribution in [3.63, 3.8) is 0 Å². The van der Waals surface area contributed by atoms with E-state index in [0.717, 1.165) is 21.1 Å². The van der Waals surface area contributed by atoms with Crippen LogP contribution >= 0.6 is 23.1 Å². The van der Waals surface area contributed by atoms with Crippen molar-refractivity contribution in [1.82, 2.24) is 15.3 Å². The van der Waals surface area contributed by atoms with Crippen molar-refractivity contribution in [3.8, 4) is 0 Å². The Balaban J connectivity index is 1.51. The number of thiazole rings is 1. The number of benzene rings is 1. The molecule has 0 spiro atoms. The van der Waals surface area contributed by atoms with Crippen molar-refractivity contribution in [2.45, 2.75) is 49.1 Å². The predicted molar refractivity (Wildman–Crippen MR) is 129 cm³/mol. The molecule has 2 aromatic heterocycles. The molecule has 32 heavy (non-hydrogen) atoms. The lowest BCUT2D eigenvalue weighted by Gasteiger charge is -2.14. The van der Waals surface area contributed by atoms with Crippen LogP contribution in [0.3, 0.4) is 0 Å². The first-order chi connectivity index (χ1) is 15.3. The number of aromatic nitrogens is 2. The molecule has 3 aromatic rings. The number of hydrogen-bond donors (Lipinski definition) is 2. The van der Waals surface area contributed by atoms with Crippen LogP contribution in [-0.4, -0.2) is 41.2 Å². The van der Waals surface area contributed by atoms with Crippen LogP contribution in [0.25, 0.3) is 0 Å². The lowest BCUT2D eigenvalue weighted by molar-refractivity contribution is -0.117. The van der Waals surface area contributed by atoms with Crippen LogP contribution in [0.5, 0.6) is 0 Å². The van der Waals surface area contributed by atoms with Crippen LogP contribution in [0.15, 0.2) is 45.3 Å². The van der Waals surface area contributed by atoms with Gasteiger partial charge in [-0.05, 0) is 11.1 Å². The number of thioether (sulfide) groups is 1. The van der Waals surface area contributed by atoms with Crippen LogP contribution in [-0.2, 0) is 28.9 Å². The smallest absolute Gasteiger partial charge is 0.232 e. The van der Waals surface area contributed by atoms with Crippen molar-refractivity contribution >= 4 is 34.1 Å². The SMILES string of the molecule is CN(C(=O)Cc1ccc(CNCCO)cc1)c1ncc(SCc2ncc(C(C)(C)C)o2)s1. The third-order valence-corrected chi connectivity index (χ3v) is 7.01. The molecule has 0 unspecified atom stereocenters. The Labute approximate surface area is 197 Å². The topological polar surface area (TPSA) is 91.5 Å². The van der Waals surface area contributed by atoms with E-state index in [2.05, 4.69) is 36.1 Å². The van der Waals surface area contributed by atoms with Crippen LogP contribution in [0, 0.1) is 0 Å². The van der Waals surface area contributed by atoms with Gasteiger partial charge in [-0.1, -0.05) is 56.4 Å². The monoisotopic (exact) mass is 474 g/mol. The van der Waals surface area contributed by atoms with Crippen LogP contribution in [0.2, 0.25) is 0 Å². The summed E-state index contributed by atoms with van der Waals surface area (Å²) in [5.74, 6) is 2.17. The first kappa shape index (κ1) is 24.4. The molecule has 0 saturated heterocycles. The number of likely N-dealkylation sites (N-methyl/N-ethyl adjacent to an activating group) is 1. The number of carbonyl (C=O) groups is 1. The molecule has 0 saturated carbocycles. The second-order valence-corrected chi connectivity index (χ2v) is 10.7. The highest BCUT2D eigenvalue weighted by Gasteiger charge is 2.20. The number of aliphatic hydroxyl groups is 1. The van der Waals surface area contributed by atoms with Gasteiger partial charge in [0, 0.05) is 25.6 Å². The van der Waals surface area contributed by atoms with Gasteiger partial charge < -0.3 is 14.8 Å². The minimum absolute atomic E-state index is 0.00965. The maximum absolute atomic E-state index is 12.7. The number of amides is 1. The van der Waals surface area contributed by atoms with E-state index >= 15 is 0 Å². The summed E-state index contributed by atoms with van der Waals surface area (Å²) in [7, 11) is 1.76. The average molecular weight is 475 g/mol. The summed E-state index contributed by atoms with van der Waals surface area (Å²) in [6.45, 7) is 7.66. The Morgan fingerprint density at radius 2 is 1.91 bits per heavy atom. The average Bonchev–Trinajstić information content (AvgIpc) is 3.42. The summed E-state index contributed by atoms with van der Waals surface area (Å²) in [4.78, 5) is 23.1. The maximum Gasteiger partial charge on any atom is 0.232 e. The van der Waals surface area contributed by atoms with E-state index in [1.807, 2.05) is 24.3 Å². The Morgan fingerprint density at radius 1 is 1.19 bits per heavy atom. The van der Waals surface area contributed by atoms with E-state index in [4.69, 9.17) is 9.52 Å². The summed E-state index contributed by atoms with van der Waals surface area (Å²) < 4.78 is 6.85. The second kappa shape index (κ2) is 11.1. The van der Waals surface area contributed by atoms with E-state index in [9.17, 15) is 4.79 Å². The first-order valence-corrected chi connectivity index (χ1v) is 12.3. The van der Waals surface area contributed by atoms with Crippen molar-refractivity contribution < 1.29 is 14.3 Å². The third kappa shape index (κ3) is 6.90. The molecule has 0 aliphatic heterocycles. The molecule has 2 N–H and O–H groups in total. The number of nitrogens with one attached hydrogen (secondary N) is 1. The first-order valence-electron chi connectivity index (χ1n) is 10.5. The Bertz CT molecular complexity index is 1010. The molecule has 0 radical (unpaired) electrons. The quantitative estimate of drug-likeness (QED) is 0.339. The van der Waals surface area contributed by atoms with E-state index < -0.39 is 0 Å². The lowest BCUT2D eigenvalue weighted by atomic mass is 9.94. The highest BCUT2D eigenvalue weighted by molar-refractivity contribution is 8.00. The number of oxazole rings is 1. The van der Waals surface area contributed by atoms with E-state index in [1.54, 1.807) is 36.1 Å². The second-order valence-electron chi connectivity index (χ2n) is 8.47. The molecular formula is C23H30N4O3S2. The maximum atomic E-state index is 12.7. The molecule has 0 bridgehead atoms.